The van der Waals surface area contributed by atoms with Gasteiger partial charge < -0.3 is 14.5 Å². The Hall–Kier alpha value is -4.64. The number of benzene rings is 2. The van der Waals surface area contributed by atoms with E-state index in [-0.39, 0.29) is 28.9 Å². The second kappa shape index (κ2) is 9.18. The Morgan fingerprint density at radius 1 is 1.05 bits per heavy atom. The van der Waals surface area contributed by atoms with Crippen LogP contribution in [0.25, 0.3) is 28.3 Å². The number of rotatable bonds is 4. The zero-order chi connectivity index (χ0) is 28.6. The predicted octanol–water partition coefficient (Wildman–Crippen LogP) is 3.93. The van der Waals surface area contributed by atoms with Crippen molar-refractivity contribution in [3.63, 3.8) is 0 Å². The number of ether oxygens (including phenoxy) is 1. The minimum absolute atomic E-state index is 0.0911. The lowest BCUT2D eigenvalue weighted by atomic mass is 9.78. The van der Waals surface area contributed by atoms with Crippen LogP contribution in [0.5, 0.6) is 0 Å². The van der Waals surface area contributed by atoms with Gasteiger partial charge in [-0.2, -0.15) is 20.1 Å². The van der Waals surface area contributed by atoms with E-state index in [1.807, 2.05) is 30.0 Å². The van der Waals surface area contributed by atoms with Gasteiger partial charge >= 0.3 is 0 Å². The van der Waals surface area contributed by atoms with Crippen LogP contribution in [0.1, 0.15) is 34.6 Å². The average Bonchev–Trinajstić information content (AvgIpc) is 3.57. The molecular weight excluding hydrogens is 535 g/mol. The third-order valence-corrected chi connectivity index (χ3v) is 8.83. The van der Waals surface area contributed by atoms with Crippen LogP contribution < -0.4 is 4.90 Å². The average molecular weight is 565 g/mol. The third kappa shape index (κ3) is 3.91. The molecule has 1 amide bonds. The number of hydrogen-bond acceptors (Lipinski definition) is 7. The second-order valence-corrected chi connectivity index (χ2v) is 11.7. The minimum Gasteiger partial charge on any atom is -0.380 e. The standard InChI is InChI=1S/C31H29FN8O2/c1-19-22-6-4-3-5-20(22)9-10-39(19)30(41)26-12-28(27-14-33-37(2)35-27)40-29(34-26)13-25(36-40)23-8-7-21(11-24(23)32)38-15-31(16-38)17-42-18-31/h3-8,11-14,19H,9-10,15-18H2,1-2H3/t19-/m1/s1. The number of halogens is 1. The Bertz CT molecular complexity index is 1870. The van der Waals surface area contributed by atoms with E-state index in [0.29, 0.717) is 34.8 Å². The molecule has 1 atom stereocenters. The Kier molecular flexibility index (Phi) is 5.49. The first-order valence-corrected chi connectivity index (χ1v) is 14.2. The molecule has 5 aromatic rings. The molecule has 8 rings (SSSR count). The molecule has 212 valence electrons. The zero-order valence-electron chi connectivity index (χ0n) is 23.4. The maximum absolute atomic E-state index is 15.5. The number of nitrogens with zero attached hydrogens (tertiary/aromatic N) is 8. The van der Waals surface area contributed by atoms with Crippen molar-refractivity contribution in [2.24, 2.45) is 12.5 Å². The molecule has 2 saturated heterocycles. The van der Waals surface area contributed by atoms with Crippen molar-refractivity contribution in [3.05, 3.63) is 83.4 Å². The van der Waals surface area contributed by atoms with E-state index in [1.165, 1.54) is 10.4 Å². The number of amides is 1. The molecule has 2 aromatic carbocycles. The predicted molar refractivity (Wildman–Crippen MR) is 153 cm³/mol. The Labute approximate surface area is 241 Å². The summed E-state index contributed by atoms with van der Waals surface area (Å²) in [5.74, 6) is -0.535. The monoisotopic (exact) mass is 564 g/mol. The summed E-state index contributed by atoms with van der Waals surface area (Å²) < 4.78 is 22.5. The lowest BCUT2D eigenvalue weighted by molar-refractivity contribution is -0.127. The molecule has 0 N–H and O–H groups in total. The zero-order valence-corrected chi connectivity index (χ0v) is 23.4. The first kappa shape index (κ1) is 25.1. The fourth-order valence-corrected chi connectivity index (χ4v) is 6.49. The van der Waals surface area contributed by atoms with Gasteiger partial charge in [-0.25, -0.2) is 13.9 Å². The summed E-state index contributed by atoms with van der Waals surface area (Å²) in [7, 11) is 1.73. The fourth-order valence-electron chi connectivity index (χ4n) is 6.49. The summed E-state index contributed by atoms with van der Waals surface area (Å²) in [6.07, 6.45) is 2.40. The van der Waals surface area contributed by atoms with Crippen LogP contribution in [0.15, 0.2) is 60.8 Å². The lowest BCUT2D eigenvalue weighted by Gasteiger charge is -2.56. The third-order valence-electron chi connectivity index (χ3n) is 8.83. The topological polar surface area (TPSA) is 93.7 Å². The normalized spacial score (nSPS) is 19.1. The maximum atomic E-state index is 15.5. The molecule has 10 nitrogen and oxygen atoms in total. The summed E-state index contributed by atoms with van der Waals surface area (Å²) in [5, 5.41) is 13.4. The Balaban J connectivity index is 1.16. The highest BCUT2D eigenvalue weighted by Crippen LogP contribution is 2.41. The molecule has 42 heavy (non-hydrogen) atoms. The molecule has 0 aliphatic carbocycles. The number of fused-ring (bicyclic) bond motifs is 2. The van der Waals surface area contributed by atoms with Gasteiger partial charge in [0.05, 0.1) is 42.3 Å². The molecule has 3 aliphatic rings. The van der Waals surface area contributed by atoms with Crippen molar-refractivity contribution in [2.75, 3.05) is 37.7 Å². The van der Waals surface area contributed by atoms with E-state index in [2.05, 4.69) is 27.2 Å². The van der Waals surface area contributed by atoms with E-state index in [1.54, 1.807) is 42.0 Å². The molecule has 2 fully saturated rings. The Morgan fingerprint density at radius 3 is 2.62 bits per heavy atom. The molecule has 0 bridgehead atoms. The van der Waals surface area contributed by atoms with E-state index < -0.39 is 0 Å². The highest BCUT2D eigenvalue weighted by molar-refractivity contribution is 5.94. The van der Waals surface area contributed by atoms with E-state index in [9.17, 15) is 4.79 Å². The second-order valence-electron chi connectivity index (χ2n) is 11.7. The number of carbonyl (C=O) groups excluding carboxylic acids is 1. The summed E-state index contributed by atoms with van der Waals surface area (Å²) in [4.78, 5) is 24.1. The molecule has 11 heteroatoms. The fraction of sp³-hybridized carbons (Fsp3) is 0.323. The van der Waals surface area contributed by atoms with Crippen LogP contribution in [0.3, 0.4) is 0 Å². The molecule has 0 saturated carbocycles. The summed E-state index contributed by atoms with van der Waals surface area (Å²) >= 11 is 0. The van der Waals surface area contributed by atoms with Gasteiger partial charge in [0.25, 0.3) is 5.91 Å². The molecular formula is C31H29FN8O2. The lowest BCUT2D eigenvalue weighted by Crippen LogP contribution is -2.66. The first-order chi connectivity index (χ1) is 20.4. The van der Waals surface area contributed by atoms with Gasteiger partial charge in [-0.15, -0.1) is 0 Å². The van der Waals surface area contributed by atoms with Crippen LogP contribution in [0.2, 0.25) is 0 Å². The van der Waals surface area contributed by atoms with Crippen molar-refractivity contribution in [1.82, 2.24) is 34.5 Å². The maximum Gasteiger partial charge on any atom is 0.273 e. The first-order valence-electron chi connectivity index (χ1n) is 14.2. The van der Waals surface area contributed by atoms with Gasteiger partial charge in [0, 0.05) is 44.0 Å². The van der Waals surface area contributed by atoms with Crippen LogP contribution in [0, 0.1) is 11.2 Å². The van der Waals surface area contributed by atoms with Gasteiger partial charge in [-0.05, 0) is 48.7 Å². The minimum atomic E-state index is -0.361. The van der Waals surface area contributed by atoms with Crippen LogP contribution in [0.4, 0.5) is 10.1 Å². The van der Waals surface area contributed by atoms with Gasteiger partial charge in [0.1, 0.15) is 17.2 Å². The van der Waals surface area contributed by atoms with E-state index in [0.717, 1.165) is 44.0 Å². The number of aromatic nitrogens is 6. The number of aryl methyl sites for hydroxylation is 1. The van der Waals surface area contributed by atoms with Crippen molar-refractivity contribution in [3.8, 4) is 22.6 Å². The summed E-state index contributed by atoms with van der Waals surface area (Å²) in [6.45, 7) is 5.95. The number of anilines is 1. The van der Waals surface area contributed by atoms with Crippen LogP contribution in [-0.4, -0.2) is 73.2 Å². The van der Waals surface area contributed by atoms with E-state index in [4.69, 9.17) is 14.8 Å². The largest absolute Gasteiger partial charge is 0.380 e. The van der Waals surface area contributed by atoms with Gasteiger partial charge in [0.2, 0.25) is 0 Å². The van der Waals surface area contributed by atoms with Gasteiger partial charge in [0.15, 0.2) is 5.65 Å². The molecule has 3 aliphatic heterocycles. The van der Waals surface area contributed by atoms with Gasteiger partial charge in [-0.3, -0.25) is 4.79 Å². The molecule has 3 aromatic heterocycles. The quantitative estimate of drug-likeness (QED) is 0.327. The van der Waals surface area contributed by atoms with Crippen molar-refractivity contribution >= 4 is 17.2 Å². The molecule has 0 radical (unpaired) electrons. The molecule has 1 spiro atoms. The van der Waals surface area contributed by atoms with Crippen molar-refractivity contribution in [1.29, 1.82) is 0 Å². The van der Waals surface area contributed by atoms with E-state index >= 15 is 4.39 Å². The summed E-state index contributed by atoms with van der Waals surface area (Å²) in [5.41, 5.74) is 6.09. The highest BCUT2D eigenvalue weighted by atomic mass is 19.1. The summed E-state index contributed by atoms with van der Waals surface area (Å²) in [6, 6.07) is 16.8. The Morgan fingerprint density at radius 2 is 1.88 bits per heavy atom. The highest BCUT2D eigenvalue weighted by Gasteiger charge is 2.49. The number of hydrogen-bond donors (Lipinski definition) is 0. The number of carbonyl (C=O) groups is 1. The van der Waals surface area contributed by atoms with Crippen molar-refractivity contribution < 1.29 is 13.9 Å². The van der Waals surface area contributed by atoms with Crippen molar-refractivity contribution in [2.45, 2.75) is 19.4 Å². The van der Waals surface area contributed by atoms with Crippen LogP contribution >= 0.6 is 0 Å². The van der Waals surface area contributed by atoms with Crippen LogP contribution in [-0.2, 0) is 18.2 Å². The smallest absolute Gasteiger partial charge is 0.273 e. The molecule has 6 heterocycles. The SMILES string of the molecule is C[C@@H]1c2ccccc2CCN1C(=O)c1cc(-c2cnn(C)n2)n2nc(-c3ccc(N4CC5(COC5)C4)cc3F)cc2n1. The molecule has 0 unspecified atom stereocenters. The van der Waals surface area contributed by atoms with Gasteiger partial charge in [-0.1, -0.05) is 24.3 Å².